The molecule has 0 aliphatic carbocycles. The first-order valence-corrected chi connectivity index (χ1v) is 2.50. The van der Waals surface area contributed by atoms with Crippen molar-refractivity contribution in [2.75, 3.05) is 7.11 Å². The van der Waals surface area contributed by atoms with Crippen molar-refractivity contribution in [3.8, 4) is 0 Å². The molecule has 0 aliphatic heterocycles. The minimum atomic E-state index is -0.325. The van der Waals surface area contributed by atoms with Gasteiger partial charge in [-0.3, -0.25) is 0 Å². The van der Waals surface area contributed by atoms with Gasteiger partial charge in [0.2, 0.25) is 0 Å². The Morgan fingerprint density at radius 2 is 2.50 bits per heavy atom. The zero-order chi connectivity index (χ0) is 6.41. The molecule has 1 atom stereocenters. The zero-order valence-corrected chi connectivity index (χ0v) is 5.16. The van der Waals surface area contributed by atoms with Crippen LogP contribution >= 0.6 is 0 Å². The average molecular weight is 117 g/mol. The molecule has 0 aromatic carbocycles. The quantitative estimate of drug-likeness (QED) is 0.429. The van der Waals surface area contributed by atoms with E-state index in [0.29, 0.717) is 6.42 Å². The molecule has 0 bridgehead atoms. The van der Waals surface area contributed by atoms with Crippen molar-refractivity contribution < 1.29 is 9.94 Å². The second-order valence-electron chi connectivity index (χ2n) is 1.56. The predicted octanol–water partition coefficient (Wildman–Crippen LogP) is 0.390. The number of nitrogens with zero attached hydrogens (tertiary/aromatic N) is 1. The van der Waals surface area contributed by atoms with Gasteiger partial charge >= 0.3 is 0 Å². The molecule has 0 aromatic rings. The van der Waals surface area contributed by atoms with Gasteiger partial charge in [-0.15, -0.1) is 0 Å². The Morgan fingerprint density at radius 3 is 2.88 bits per heavy atom. The molecule has 0 saturated heterocycles. The largest absolute Gasteiger partial charge is 0.399 e. The summed E-state index contributed by atoms with van der Waals surface area (Å²) in [7, 11) is 1.47. The number of aliphatic hydroxyl groups excluding tert-OH is 1. The molecule has 0 amide bonds. The Kier molecular flexibility index (Phi) is 4.26. The van der Waals surface area contributed by atoms with Gasteiger partial charge in [0.05, 0.1) is 6.10 Å². The van der Waals surface area contributed by atoms with Crippen LogP contribution in [0.25, 0.3) is 0 Å². The van der Waals surface area contributed by atoms with Gasteiger partial charge in [0, 0.05) is 12.6 Å². The van der Waals surface area contributed by atoms with Crippen LogP contribution in [0.5, 0.6) is 0 Å². The number of aliphatic hydroxyl groups is 1. The lowest BCUT2D eigenvalue weighted by Gasteiger charge is -1.93. The predicted molar refractivity (Wildman–Crippen MR) is 31.8 cm³/mol. The van der Waals surface area contributed by atoms with E-state index in [-0.39, 0.29) is 6.10 Å². The summed E-state index contributed by atoms with van der Waals surface area (Å²) < 4.78 is 0. The molecule has 1 N–H and O–H groups in total. The molecule has 0 aromatic heterocycles. The highest BCUT2D eigenvalue weighted by molar-refractivity contribution is 5.56. The van der Waals surface area contributed by atoms with Crippen LogP contribution in [0.4, 0.5) is 0 Å². The lowest BCUT2D eigenvalue weighted by atomic mass is 10.3. The van der Waals surface area contributed by atoms with E-state index in [1.807, 2.05) is 0 Å². The van der Waals surface area contributed by atoms with Gasteiger partial charge in [-0.05, 0) is 6.92 Å². The normalized spacial score (nSPS) is 14.4. The average Bonchev–Trinajstić information content (AvgIpc) is 1.66. The Bertz CT molecular complexity index is 70.8. The summed E-state index contributed by atoms with van der Waals surface area (Å²) >= 11 is 0. The van der Waals surface area contributed by atoms with Gasteiger partial charge in [0.15, 0.2) is 0 Å². The Hall–Kier alpha value is -0.570. The first kappa shape index (κ1) is 7.43. The molecule has 1 unspecified atom stereocenters. The van der Waals surface area contributed by atoms with Gasteiger partial charge in [0.25, 0.3) is 0 Å². The summed E-state index contributed by atoms with van der Waals surface area (Å²) in [5, 5.41) is 12.1. The highest BCUT2D eigenvalue weighted by Gasteiger charge is 1.87. The molecule has 8 heavy (non-hydrogen) atoms. The molecule has 3 nitrogen and oxygen atoms in total. The van der Waals surface area contributed by atoms with Crippen molar-refractivity contribution in [3.05, 3.63) is 0 Å². The van der Waals surface area contributed by atoms with E-state index in [1.165, 1.54) is 13.3 Å². The zero-order valence-electron chi connectivity index (χ0n) is 5.16. The summed E-state index contributed by atoms with van der Waals surface area (Å²) in [6.07, 6.45) is 1.76. The van der Waals surface area contributed by atoms with E-state index in [2.05, 4.69) is 9.99 Å². The van der Waals surface area contributed by atoms with E-state index in [4.69, 9.17) is 5.11 Å². The molecule has 0 rings (SSSR count). The SMILES string of the molecule is CO/N=C/CC(C)O. The molecule has 48 valence electrons. The van der Waals surface area contributed by atoms with Crippen molar-refractivity contribution in [3.63, 3.8) is 0 Å². The standard InChI is InChI=1S/C5H11NO2/c1-5(7)3-4-6-8-2/h4-5,7H,3H2,1-2H3/b6-4+. The van der Waals surface area contributed by atoms with Gasteiger partial charge in [-0.1, -0.05) is 5.16 Å². The summed E-state index contributed by atoms with van der Waals surface area (Å²) in [5.74, 6) is 0. The molecule has 0 aliphatic rings. The van der Waals surface area contributed by atoms with E-state index >= 15 is 0 Å². The monoisotopic (exact) mass is 117 g/mol. The van der Waals surface area contributed by atoms with Crippen molar-refractivity contribution in [2.45, 2.75) is 19.4 Å². The fourth-order valence-electron chi connectivity index (χ4n) is 0.270. The van der Waals surface area contributed by atoms with Gasteiger partial charge in [0.1, 0.15) is 7.11 Å². The van der Waals surface area contributed by atoms with Gasteiger partial charge in [-0.25, -0.2) is 0 Å². The fourth-order valence-corrected chi connectivity index (χ4v) is 0.270. The molecule has 0 spiro atoms. The summed E-state index contributed by atoms with van der Waals surface area (Å²) in [6.45, 7) is 1.70. The van der Waals surface area contributed by atoms with Crippen LogP contribution in [-0.2, 0) is 4.84 Å². The van der Waals surface area contributed by atoms with Crippen LogP contribution in [0.1, 0.15) is 13.3 Å². The highest BCUT2D eigenvalue weighted by Crippen LogP contribution is 1.83. The molecular weight excluding hydrogens is 106 g/mol. The number of rotatable bonds is 3. The lowest BCUT2D eigenvalue weighted by Crippen LogP contribution is -1.98. The van der Waals surface area contributed by atoms with E-state index in [1.54, 1.807) is 6.92 Å². The van der Waals surface area contributed by atoms with Crippen molar-refractivity contribution >= 4 is 6.21 Å². The second kappa shape index (κ2) is 4.59. The van der Waals surface area contributed by atoms with Crippen LogP contribution in [0.3, 0.4) is 0 Å². The molecular formula is C5H11NO2. The summed E-state index contributed by atoms with van der Waals surface area (Å²) in [6, 6.07) is 0. The maximum Gasteiger partial charge on any atom is 0.106 e. The minimum Gasteiger partial charge on any atom is -0.399 e. The first-order valence-electron chi connectivity index (χ1n) is 2.50. The van der Waals surface area contributed by atoms with Crippen LogP contribution in [0, 0.1) is 0 Å². The second-order valence-corrected chi connectivity index (χ2v) is 1.56. The third-order valence-electron chi connectivity index (χ3n) is 0.626. The minimum absolute atomic E-state index is 0.325. The lowest BCUT2D eigenvalue weighted by molar-refractivity contribution is 0.195. The number of hydrogen-bond donors (Lipinski definition) is 1. The highest BCUT2D eigenvalue weighted by atomic mass is 16.6. The molecule has 0 heterocycles. The third-order valence-corrected chi connectivity index (χ3v) is 0.626. The first-order chi connectivity index (χ1) is 3.77. The van der Waals surface area contributed by atoms with Crippen LogP contribution < -0.4 is 0 Å². The molecule has 0 fully saturated rings. The molecule has 0 radical (unpaired) electrons. The van der Waals surface area contributed by atoms with Crippen molar-refractivity contribution in [2.24, 2.45) is 5.16 Å². The Labute approximate surface area is 49.0 Å². The Balaban J connectivity index is 3.03. The maximum absolute atomic E-state index is 8.63. The van der Waals surface area contributed by atoms with Gasteiger partial charge in [-0.2, -0.15) is 0 Å². The van der Waals surface area contributed by atoms with Crippen LogP contribution in [0.2, 0.25) is 0 Å². The fraction of sp³-hybridized carbons (Fsp3) is 0.800. The Morgan fingerprint density at radius 1 is 1.88 bits per heavy atom. The summed E-state index contributed by atoms with van der Waals surface area (Å²) in [5.41, 5.74) is 0. The van der Waals surface area contributed by atoms with Crippen LogP contribution in [0.15, 0.2) is 5.16 Å². The topological polar surface area (TPSA) is 41.8 Å². The maximum atomic E-state index is 8.63. The van der Waals surface area contributed by atoms with E-state index in [9.17, 15) is 0 Å². The number of oxime groups is 1. The third kappa shape index (κ3) is 5.43. The van der Waals surface area contributed by atoms with Gasteiger partial charge < -0.3 is 9.94 Å². The van der Waals surface area contributed by atoms with Crippen molar-refractivity contribution in [1.82, 2.24) is 0 Å². The van der Waals surface area contributed by atoms with Crippen molar-refractivity contribution in [1.29, 1.82) is 0 Å². The van der Waals surface area contributed by atoms with Crippen LogP contribution in [-0.4, -0.2) is 24.5 Å². The van der Waals surface area contributed by atoms with E-state index < -0.39 is 0 Å². The van der Waals surface area contributed by atoms with E-state index in [0.717, 1.165) is 0 Å². The number of hydrogen-bond acceptors (Lipinski definition) is 3. The molecule has 3 heteroatoms. The summed E-state index contributed by atoms with van der Waals surface area (Å²) in [4.78, 5) is 4.35. The smallest absolute Gasteiger partial charge is 0.106 e. The molecule has 0 saturated carbocycles.